The summed E-state index contributed by atoms with van der Waals surface area (Å²) in [6.07, 6.45) is 4.45. The fourth-order valence-electron chi connectivity index (χ4n) is 2.18. The first kappa shape index (κ1) is 17.5. The van der Waals surface area contributed by atoms with Crippen LogP contribution in [0.2, 0.25) is 0 Å². The van der Waals surface area contributed by atoms with Crippen LogP contribution in [0.4, 0.5) is 10.5 Å². The molecule has 0 aliphatic heterocycles. The molecule has 0 bridgehead atoms. The number of amides is 3. The number of para-hydroxylation sites is 1. The van der Waals surface area contributed by atoms with Gasteiger partial charge in [0, 0.05) is 31.2 Å². The first-order valence-electron chi connectivity index (χ1n) is 7.94. The second-order valence-corrected chi connectivity index (χ2v) is 5.50. The van der Waals surface area contributed by atoms with Gasteiger partial charge < -0.3 is 20.5 Å². The number of rotatable bonds is 7. The Bertz CT molecular complexity index is 669. The Hall–Kier alpha value is -2.83. The maximum Gasteiger partial charge on any atom is 0.315 e. The molecule has 1 atom stereocenters. The van der Waals surface area contributed by atoms with E-state index in [1.54, 1.807) is 25.3 Å². The van der Waals surface area contributed by atoms with Gasteiger partial charge in [-0.3, -0.25) is 4.79 Å². The van der Waals surface area contributed by atoms with Gasteiger partial charge in [0.05, 0.1) is 0 Å². The van der Waals surface area contributed by atoms with Crippen LogP contribution in [0, 0.1) is 6.92 Å². The van der Waals surface area contributed by atoms with Crippen molar-refractivity contribution in [2.45, 2.75) is 32.9 Å². The number of hydrogen-bond donors (Lipinski definition) is 3. The molecule has 1 unspecified atom stereocenters. The molecule has 2 rings (SSSR count). The van der Waals surface area contributed by atoms with E-state index in [0.717, 1.165) is 18.8 Å². The van der Waals surface area contributed by atoms with Crippen molar-refractivity contribution in [2.24, 2.45) is 0 Å². The van der Waals surface area contributed by atoms with Crippen LogP contribution < -0.4 is 16.0 Å². The molecule has 0 aliphatic carbocycles. The molecule has 0 saturated carbocycles. The topological polar surface area (TPSA) is 88.1 Å². The largest absolute Gasteiger partial charge is 0.338 e. The zero-order chi connectivity index (χ0) is 17.4. The summed E-state index contributed by atoms with van der Waals surface area (Å²) in [5, 5.41) is 8.12. The highest BCUT2D eigenvalue weighted by Crippen LogP contribution is 2.05. The molecule has 24 heavy (non-hydrogen) atoms. The Morgan fingerprint density at radius 2 is 2.00 bits per heavy atom. The molecular formula is C17H23N5O2. The monoisotopic (exact) mass is 329 g/mol. The lowest BCUT2D eigenvalue weighted by molar-refractivity contribution is -0.117. The molecule has 7 nitrogen and oxygen atoms in total. The number of carbonyl (C=O) groups is 2. The lowest BCUT2D eigenvalue weighted by atomic mass is 10.2. The van der Waals surface area contributed by atoms with Crippen LogP contribution in [0.1, 0.15) is 19.2 Å². The van der Waals surface area contributed by atoms with Crippen molar-refractivity contribution < 1.29 is 9.59 Å². The van der Waals surface area contributed by atoms with Gasteiger partial charge in [0.25, 0.3) is 0 Å². The van der Waals surface area contributed by atoms with E-state index < -0.39 is 6.04 Å². The third-order valence-corrected chi connectivity index (χ3v) is 3.57. The normalized spacial score (nSPS) is 11.6. The summed E-state index contributed by atoms with van der Waals surface area (Å²) in [5.41, 5.74) is 0.701. The van der Waals surface area contributed by atoms with Crippen LogP contribution in [0.5, 0.6) is 0 Å². The number of hydrogen-bond acceptors (Lipinski definition) is 3. The molecule has 0 saturated heterocycles. The summed E-state index contributed by atoms with van der Waals surface area (Å²) in [4.78, 5) is 28.0. The highest BCUT2D eigenvalue weighted by molar-refractivity contribution is 5.96. The Morgan fingerprint density at radius 1 is 1.25 bits per heavy atom. The Labute approximate surface area is 141 Å². The van der Waals surface area contributed by atoms with E-state index in [0.29, 0.717) is 12.2 Å². The molecule has 1 aromatic carbocycles. The van der Waals surface area contributed by atoms with Crippen LogP contribution in [-0.4, -0.2) is 34.1 Å². The van der Waals surface area contributed by atoms with Crippen LogP contribution in [0.25, 0.3) is 0 Å². The van der Waals surface area contributed by atoms with Gasteiger partial charge >= 0.3 is 6.03 Å². The van der Waals surface area contributed by atoms with Crippen molar-refractivity contribution >= 4 is 17.6 Å². The van der Waals surface area contributed by atoms with E-state index in [1.165, 1.54) is 0 Å². The molecule has 0 radical (unpaired) electrons. The average molecular weight is 329 g/mol. The first-order chi connectivity index (χ1) is 11.6. The van der Waals surface area contributed by atoms with E-state index in [9.17, 15) is 9.59 Å². The zero-order valence-corrected chi connectivity index (χ0v) is 14.0. The number of nitrogens with one attached hydrogen (secondary N) is 3. The van der Waals surface area contributed by atoms with Gasteiger partial charge in [-0.2, -0.15) is 0 Å². The van der Waals surface area contributed by atoms with E-state index >= 15 is 0 Å². The molecule has 3 amide bonds. The van der Waals surface area contributed by atoms with Crippen molar-refractivity contribution in [3.05, 3.63) is 48.5 Å². The fourth-order valence-corrected chi connectivity index (χ4v) is 2.18. The minimum absolute atomic E-state index is 0.259. The molecule has 0 fully saturated rings. The SMILES string of the molecule is Cc1nccn1CCCNC(=O)NC(C)C(=O)Nc1ccccc1. The van der Waals surface area contributed by atoms with Gasteiger partial charge in [-0.1, -0.05) is 18.2 Å². The van der Waals surface area contributed by atoms with Crippen molar-refractivity contribution in [1.29, 1.82) is 0 Å². The lowest BCUT2D eigenvalue weighted by Gasteiger charge is -2.15. The van der Waals surface area contributed by atoms with E-state index in [4.69, 9.17) is 0 Å². The third kappa shape index (κ3) is 5.42. The number of carbonyl (C=O) groups excluding carboxylic acids is 2. The summed E-state index contributed by atoms with van der Waals surface area (Å²) in [6, 6.07) is 8.15. The fraction of sp³-hybridized carbons (Fsp3) is 0.353. The van der Waals surface area contributed by atoms with E-state index in [2.05, 4.69) is 20.9 Å². The van der Waals surface area contributed by atoms with Crippen LogP contribution >= 0.6 is 0 Å². The van der Waals surface area contributed by atoms with Gasteiger partial charge in [-0.15, -0.1) is 0 Å². The molecule has 3 N–H and O–H groups in total. The summed E-state index contributed by atoms with van der Waals surface area (Å²) >= 11 is 0. The lowest BCUT2D eigenvalue weighted by Crippen LogP contribution is -2.46. The van der Waals surface area contributed by atoms with Crippen molar-refractivity contribution in [3.63, 3.8) is 0 Å². The van der Waals surface area contributed by atoms with Crippen LogP contribution in [0.3, 0.4) is 0 Å². The molecular weight excluding hydrogens is 306 g/mol. The van der Waals surface area contributed by atoms with Crippen LogP contribution in [0.15, 0.2) is 42.7 Å². The summed E-state index contributed by atoms with van der Waals surface area (Å²) < 4.78 is 2.02. The molecule has 1 heterocycles. The zero-order valence-electron chi connectivity index (χ0n) is 14.0. The van der Waals surface area contributed by atoms with Gasteiger partial charge in [0.2, 0.25) is 5.91 Å². The maximum atomic E-state index is 12.0. The molecule has 0 spiro atoms. The number of imidazole rings is 1. The van der Waals surface area contributed by atoms with Gasteiger partial charge in [-0.05, 0) is 32.4 Å². The van der Waals surface area contributed by atoms with Gasteiger partial charge in [0.1, 0.15) is 11.9 Å². The standard InChI is InChI=1S/C17H23N5O2/c1-13(16(23)21-15-7-4-3-5-8-15)20-17(24)19-9-6-11-22-12-10-18-14(22)2/h3-5,7-8,10,12-13H,6,9,11H2,1-2H3,(H,21,23)(H2,19,20,24). The minimum Gasteiger partial charge on any atom is -0.338 e. The quantitative estimate of drug-likeness (QED) is 0.678. The number of aryl methyl sites for hydroxylation is 2. The number of urea groups is 1. The maximum absolute atomic E-state index is 12.0. The molecule has 2 aromatic rings. The van der Waals surface area contributed by atoms with Gasteiger partial charge in [0.15, 0.2) is 0 Å². The number of aromatic nitrogens is 2. The third-order valence-electron chi connectivity index (χ3n) is 3.57. The van der Waals surface area contributed by atoms with Gasteiger partial charge in [-0.25, -0.2) is 9.78 Å². The second-order valence-electron chi connectivity index (χ2n) is 5.50. The number of anilines is 1. The summed E-state index contributed by atoms with van der Waals surface area (Å²) in [6.45, 7) is 4.90. The van der Waals surface area contributed by atoms with Crippen molar-refractivity contribution in [1.82, 2.24) is 20.2 Å². The predicted octanol–water partition coefficient (Wildman–Crippen LogP) is 1.91. The Morgan fingerprint density at radius 3 is 2.67 bits per heavy atom. The predicted molar refractivity (Wildman–Crippen MR) is 92.6 cm³/mol. The van der Waals surface area contributed by atoms with Crippen molar-refractivity contribution in [3.8, 4) is 0 Å². The second kappa shape index (κ2) is 8.71. The first-order valence-corrected chi connectivity index (χ1v) is 7.94. The highest BCUT2D eigenvalue weighted by Gasteiger charge is 2.15. The number of benzene rings is 1. The molecule has 128 valence electrons. The Balaban J connectivity index is 1.66. The van der Waals surface area contributed by atoms with E-state index in [-0.39, 0.29) is 11.9 Å². The molecule has 0 aliphatic rings. The van der Waals surface area contributed by atoms with E-state index in [1.807, 2.05) is 35.9 Å². The highest BCUT2D eigenvalue weighted by atomic mass is 16.2. The van der Waals surface area contributed by atoms with Crippen LogP contribution in [-0.2, 0) is 11.3 Å². The smallest absolute Gasteiger partial charge is 0.315 e. The molecule has 1 aromatic heterocycles. The summed E-state index contributed by atoms with van der Waals surface area (Å²) in [5.74, 6) is 0.691. The number of nitrogens with zero attached hydrogens (tertiary/aromatic N) is 2. The molecule has 7 heteroatoms. The average Bonchev–Trinajstić information content (AvgIpc) is 2.97. The Kier molecular flexibility index (Phi) is 6.36. The minimum atomic E-state index is -0.624. The summed E-state index contributed by atoms with van der Waals surface area (Å²) in [7, 11) is 0. The van der Waals surface area contributed by atoms with Crippen molar-refractivity contribution in [2.75, 3.05) is 11.9 Å².